The second kappa shape index (κ2) is 7.55. The average Bonchev–Trinajstić information content (AvgIpc) is 2.98. The molecule has 0 aliphatic rings. The Hall–Kier alpha value is -2.57. The predicted octanol–water partition coefficient (Wildman–Crippen LogP) is 4.34. The summed E-state index contributed by atoms with van der Waals surface area (Å²) in [5.41, 5.74) is 3.18. The van der Waals surface area contributed by atoms with Crippen LogP contribution in [0.25, 0.3) is 10.1 Å². The van der Waals surface area contributed by atoms with Gasteiger partial charge in [0.25, 0.3) is 5.91 Å². The number of methoxy groups -OCH3 is 2. The Labute approximate surface area is 153 Å². The van der Waals surface area contributed by atoms with Gasteiger partial charge in [-0.05, 0) is 18.2 Å². The van der Waals surface area contributed by atoms with Crippen LogP contribution in [0.1, 0.15) is 15.2 Å². The van der Waals surface area contributed by atoms with Gasteiger partial charge in [-0.3, -0.25) is 4.79 Å². The highest BCUT2D eigenvalue weighted by atomic mass is 35.5. The molecule has 1 heterocycles. The fraction of sp³-hybridized carbons (Fsp3) is 0.111. The van der Waals surface area contributed by atoms with E-state index in [1.54, 1.807) is 20.3 Å². The van der Waals surface area contributed by atoms with Gasteiger partial charge in [-0.1, -0.05) is 35.9 Å². The van der Waals surface area contributed by atoms with Crippen molar-refractivity contribution in [2.45, 2.75) is 0 Å². The Morgan fingerprint density at radius 1 is 1.16 bits per heavy atom. The van der Waals surface area contributed by atoms with Gasteiger partial charge in [0.15, 0.2) is 11.5 Å². The molecule has 0 saturated carbocycles. The Morgan fingerprint density at radius 2 is 1.96 bits per heavy atom. The number of halogens is 1. The van der Waals surface area contributed by atoms with Gasteiger partial charge < -0.3 is 9.47 Å². The van der Waals surface area contributed by atoms with Crippen LogP contribution in [-0.2, 0) is 0 Å². The molecule has 0 aliphatic heterocycles. The first-order valence-electron chi connectivity index (χ1n) is 7.37. The molecule has 0 unspecified atom stereocenters. The number of thiophene rings is 1. The summed E-state index contributed by atoms with van der Waals surface area (Å²) in [5, 5.41) is 5.30. The number of hydrazone groups is 1. The predicted molar refractivity (Wildman–Crippen MR) is 101 cm³/mol. The van der Waals surface area contributed by atoms with E-state index in [4.69, 9.17) is 21.1 Å². The molecule has 7 heteroatoms. The first-order valence-corrected chi connectivity index (χ1v) is 8.56. The summed E-state index contributed by atoms with van der Waals surface area (Å²) in [6.45, 7) is 0. The van der Waals surface area contributed by atoms with Crippen molar-refractivity contribution in [3.05, 3.63) is 57.9 Å². The lowest BCUT2D eigenvalue weighted by molar-refractivity contribution is 0.0959. The summed E-state index contributed by atoms with van der Waals surface area (Å²) >= 11 is 7.63. The fourth-order valence-corrected chi connectivity index (χ4v) is 3.79. The molecule has 0 saturated heterocycles. The molecule has 0 bridgehead atoms. The van der Waals surface area contributed by atoms with Crippen molar-refractivity contribution in [3.8, 4) is 11.5 Å². The van der Waals surface area contributed by atoms with Crippen LogP contribution in [0, 0.1) is 0 Å². The second-order valence-electron chi connectivity index (χ2n) is 5.02. The Balaban J connectivity index is 1.80. The lowest BCUT2D eigenvalue weighted by atomic mass is 10.2. The molecule has 1 amide bonds. The molecule has 0 atom stereocenters. The lowest BCUT2D eigenvalue weighted by Gasteiger charge is -2.09. The monoisotopic (exact) mass is 374 g/mol. The van der Waals surface area contributed by atoms with E-state index in [1.165, 1.54) is 17.6 Å². The zero-order chi connectivity index (χ0) is 17.8. The highest BCUT2D eigenvalue weighted by Crippen LogP contribution is 2.35. The maximum atomic E-state index is 12.3. The maximum Gasteiger partial charge on any atom is 0.283 e. The number of nitrogens with one attached hydrogen (secondary N) is 1. The van der Waals surface area contributed by atoms with E-state index >= 15 is 0 Å². The first kappa shape index (κ1) is 17.3. The van der Waals surface area contributed by atoms with Gasteiger partial charge in [0.1, 0.15) is 4.88 Å². The van der Waals surface area contributed by atoms with Crippen molar-refractivity contribution in [1.29, 1.82) is 0 Å². The Bertz CT molecular complexity index is 953. The summed E-state index contributed by atoms with van der Waals surface area (Å²) in [6.07, 6.45) is 1.50. The minimum absolute atomic E-state index is 0.357. The summed E-state index contributed by atoms with van der Waals surface area (Å²) in [4.78, 5) is 12.8. The number of amides is 1. The second-order valence-corrected chi connectivity index (χ2v) is 6.45. The van der Waals surface area contributed by atoms with Crippen molar-refractivity contribution in [2.24, 2.45) is 5.10 Å². The third kappa shape index (κ3) is 3.45. The molecule has 5 nitrogen and oxygen atoms in total. The fourth-order valence-electron chi connectivity index (χ4n) is 2.38. The minimum atomic E-state index is -0.357. The quantitative estimate of drug-likeness (QED) is 0.534. The molecule has 25 heavy (non-hydrogen) atoms. The number of rotatable bonds is 5. The number of benzene rings is 2. The molecule has 0 aliphatic carbocycles. The standard InChI is InChI=1S/C18H15ClN2O3S/c1-23-13-8-5-6-11(16(13)24-2)10-20-21-18(22)17-15(19)12-7-3-4-9-14(12)25-17/h3-10H,1-2H3,(H,21,22). The molecule has 3 aromatic rings. The van der Waals surface area contributed by atoms with E-state index in [1.807, 2.05) is 36.4 Å². The van der Waals surface area contributed by atoms with Crippen molar-refractivity contribution < 1.29 is 14.3 Å². The van der Waals surface area contributed by atoms with Gasteiger partial charge in [0, 0.05) is 15.6 Å². The van der Waals surface area contributed by atoms with Gasteiger partial charge >= 0.3 is 0 Å². The molecule has 0 spiro atoms. The van der Waals surface area contributed by atoms with Crippen LogP contribution in [0.2, 0.25) is 5.02 Å². The van der Waals surface area contributed by atoms with Crippen molar-refractivity contribution in [1.82, 2.24) is 5.43 Å². The molecule has 3 rings (SSSR count). The number of fused-ring (bicyclic) bond motifs is 1. The number of carbonyl (C=O) groups is 1. The normalized spacial score (nSPS) is 11.0. The molecule has 0 radical (unpaired) electrons. The van der Waals surface area contributed by atoms with E-state index < -0.39 is 0 Å². The first-order chi connectivity index (χ1) is 12.2. The van der Waals surface area contributed by atoms with Crippen LogP contribution in [0.4, 0.5) is 0 Å². The SMILES string of the molecule is COc1cccc(C=NNC(=O)c2sc3ccccc3c2Cl)c1OC. The smallest absolute Gasteiger partial charge is 0.283 e. The minimum Gasteiger partial charge on any atom is -0.493 e. The van der Waals surface area contributed by atoms with Crippen LogP contribution in [0.15, 0.2) is 47.6 Å². The van der Waals surface area contributed by atoms with E-state index in [2.05, 4.69) is 10.5 Å². The number of para-hydroxylation sites is 1. The zero-order valence-corrected chi connectivity index (χ0v) is 15.1. The van der Waals surface area contributed by atoms with E-state index in [0.29, 0.717) is 27.0 Å². The summed E-state index contributed by atoms with van der Waals surface area (Å²) in [5.74, 6) is 0.775. The number of carbonyl (C=O) groups excluding carboxylic acids is 1. The van der Waals surface area contributed by atoms with E-state index in [-0.39, 0.29) is 5.91 Å². The zero-order valence-electron chi connectivity index (χ0n) is 13.6. The topological polar surface area (TPSA) is 59.9 Å². The van der Waals surface area contributed by atoms with Crippen molar-refractivity contribution in [3.63, 3.8) is 0 Å². The molecule has 0 fully saturated rings. The van der Waals surface area contributed by atoms with Gasteiger partial charge in [-0.25, -0.2) is 5.43 Å². The summed E-state index contributed by atoms with van der Waals surface area (Å²) in [6, 6.07) is 13.0. The molecular formula is C18H15ClN2O3S. The molecule has 1 N–H and O–H groups in total. The Kier molecular flexibility index (Phi) is 5.21. The lowest BCUT2D eigenvalue weighted by Crippen LogP contribution is -2.16. The van der Waals surface area contributed by atoms with Crippen LogP contribution >= 0.6 is 22.9 Å². The highest BCUT2D eigenvalue weighted by molar-refractivity contribution is 7.21. The Morgan fingerprint density at radius 3 is 2.68 bits per heavy atom. The van der Waals surface area contributed by atoms with Crippen LogP contribution in [-0.4, -0.2) is 26.3 Å². The van der Waals surface area contributed by atoms with Crippen LogP contribution in [0.3, 0.4) is 0 Å². The van der Waals surface area contributed by atoms with Crippen LogP contribution in [0.5, 0.6) is 11.5 Å². The average molecular weight is 375 g/mol. The largest absolute Gasteiger partial charge is 0.493 e. The van der Waals surface area contributed by atoms with Gasteiger partial charge in [0.2, 0.25) is 0 Å². The molecular weight excluding hydrogens is 360 g/mol. The number of ether oxygens (including phenoxy) is 2. The third-order valence-corrected chi connectivity index (χ3v) is 5.22. The van der Waals surface area contributed by atoms with Crippen LogP contribution < -0.4 is 14.9 Å². The van der Waals surface area contributed by atoms with Crippen molar-refractivity contribution >= 4 is 45.1 Å². The molecule has 1 aromatic heterocycles. The third-order valence-electron chi connectivity index (χ3n) is 3.54. The van der Waals surface area contributed by atoms with Gasteiger partial charge in [0.05, 0.1) is 25.5 Å². The van der Waals surface area contributed by atoms with E-state index in [0.717, 1.165) is 10.1 Å². The highest BCUT2D eigenvalue weighted by Gasteiger charge is 2.16. The number of hydrogen-bond acceptors (Lipinski definition) is 5. The maximum absolute atomic E-state index is 12.3. The van der Waals surface area contributed by atoms with Gasteiger partial charge in [-0.15, -0.1) is 11.3 Å². The van der Waals surface area contributed by atoms with Gasteiger partial charge in [-0.2, -0.15) is 5.10 Å². The number of nitrogens with zero attached hydrogens (tertiary/aromatic N) is 1. The molecule has 2 aromatic carbocycles. The summed E-state index contributed by atoms with van der Waals surface area (Å²) < 4.78 is 11.5. The number of hydrogen-bond donors (Lipinski definition) is 1. The summed E-state index contributed by atoms with van der Waals surface area (Å²) in [7, 11) is 3.11. The van der Waals surface area contributed by atoms with E-state index in [9.17, 15) is 4.79 Å². The van der Waals surface area contributed by atoms with Crippen molar-refractivity contribution in [2.75, 3.05) is 14.2 Å². The molecule has 128 valence electrons.